The summed E-state index contributed by atoms with van der Waals surface area (Å²) in [5.41, 5.74) is 0.385. The molecule has 1 aromatic heterocycles. The van der Waals surface area contributed by atoms with Crippen LogP contribution in [0.25, 0.3) is 21.7 Å². The van der Waals surface area contributed by atoms with E-state index in [1.165, 1.54) is 59.3 Å². The molecule has 7 N–H and O–H groups in total. The third kappa shape index (κ3) is 9.70. The van der Waals surface area contributed by atoms with Crippen LogP contribution in [-0.2, 0) is 30.3 Å². The van der Waals surface area contributed by atoms with Gasteiger partial charge >= 0.3 is 11.8 Å². The Morgan fingerprint density at radius 1 is 0.973 bits per heavy atom. The third-order valence-electron chi connectivity index (χ3n) is 15.5. The number of rotatable bonds is 7. The van der Waals surface area contributed by atoms with Crippen molar-refractivity contribution in [3.8, 4) is 23.0 Å². The van der Waals surface area contributed by atoms with E-state index in [4.69, 9.17) is 30.5 Å². The van der Waals surface area contributed by atoms with Gasteiger partial charge in [0.15, 0.2) is 11.2 Å². The van der Waals surface area contributed by atoms with Crippen LogP contribution < -0.4 is 25.7 Å². The van der Waals surface area contributed by atoms with E-state index in [-0.39, 0.29) is 85.1 Å². The monoisotopic (exact) mass is 1040 g/mol. The summed E-state index contributed by atoms with van der Waals surface area (Å²) in [5, 5.41) is 65.4. The zero-order valence-corrected chi connectivity index (χ0v) is 44.0. The smallest absolute Gasteiger partial charge is 0.312 e. The number of carbonyl (C=O) groups excluding carboxylic acids is 3. The molecule has 0 spiro atoms. The number of anilines is 2. The molecule has 4 aliphatic heterocycles. The number of methoxy groups -OCH3 is 1. The number of allylic oxidation sites excluding steroid dienone is 2. The van der Waals surface area contributed by atoms with E-state index >= 15 is 4.39 Å². The second-order valence-corrected chi connectivity index (χ2v) is 21.1. The molecule has 2 fully saturated rings. The first-order valence-corrected chi connectivity index (χ1v) is 25.4. The highest BCUT2D eigenvalue weighted by Crippen LogP contribution is 2.55. The van der Waals surface area contributed by atoms with E-state index in [0.29, 0.717) is 24.0 Å². The van der Waals surface area contributed by atoms with Crippen LogP contribution in [-0.4, -0.2) is 104 Å². The number of ether oxygens (including phenoxy) is 4. The number of phenols is 3. The molecule has 3 aromatic carbocycles. The third-order valence-corrected chi connectivity index (χ3v) is 15.8. The molecule has 398 valence electrons. The minimum atomic E-state index is -2.11. The summed E-state index contributed by atoms with van der Waals surface area (Å²) in [6.45, 7) is 14.4. The van der Waals surface area contributed by atoms with Gasteiger partial charge in [-0.05, 0) is 52.2 Å². The first-order chi connectivity index (χ1) is 34.9. The minimum Gasteiger partial charge on any atom is -0.507 e. The number of benzene rings is 3. The molecule has 10 atom stereocenters. The Kier molecular flexibility index (Phi) is 15.2. The van der Waals surface area contributed by atoms with Crippen molar-refractivity contribution in [2.24, 2.45) is 23.7 Å². The van der Waals surface area contributed by atoms with Crippen LogP contribution in [0.3, 0.4) is 0 Å². The van der Waals surface area contributed by atoms with E-state index < -0.39 is 101 Å². The summed E-state index contributed by atoms with van der Waals surface area (Å²) < 4.78 is 41.9. The normalized spacial score (nSPS) is 29.5. The van der Waals surface area contributed by atoms with Crippen LogP contribution in [0.4, 0.5) is 15.8 Å². The van der Waals surface area contributed by atoms with Crippen molar-refractivity contribution < 1.29 is 63.3 Å². The Balaban J connectivity index is 1.19. The van der Waals surface area contributed by atoms with Crippen LogP contribution in [0.1, 0.15) is 101 Å². The van der Waals surface area contributed by atoms with Crippen LogP contribution >= 0.6 is 11.6 Å². The van der Waals surface area contributed by atoms with Crippen LogP contribution in [0, 0.1) is 43.3 Å². The molecule has 4 aromatic rings. The highest BCUT2D eigenvalue weighted by Gasteiger charge is 2.50. The number of carbonyl (C=O) groups is 3. The van der Waals surface area contributed by atoms with Crippen molar-refractivity contribution in [3.63, 3.8) is 0 Å². The van der Waals surface area contributed by atoms with Gasteiger partial charge in [0.25, 0.3) is 11.7 Å². The van der Waals surface area contributed by atoms with Gasteiger partial charge in [0.05, 0.1) is 62.8 Å². The summed E-state index contributed by atoms with van der Waals surface area (Å²) in [6.07, 6.45) is 7.36. The molecular weight excluding hydrogens is 979 g/mol. The lowest BCUT2D eigenvalue weighted by Gasteiger charge is -2.38. The second-order valence-electron chi connectivity index (χ2n) is 20.7. The highest BCUT2D eigenvalue weighted by molar-refractivity contribution is 6.38. The Hall–Kier alpha value is -6.18. The van der Waals surface area contributed by atoms with Gasteiger partial charge in [-0.15, -0.1) is 0 Å². The molecule has 1 aliphatic carbocycles. The number of hydrogen-bond donors (Lipinski definition) is 7. The number of aromatic hydroxyl groups is 3. The summed E-state index contributed by atoms with van der Waals surface area (Å²) in [6, 6.07) is 0.992. The maximum absolute atomic E-state index is 16.1. The van der Waals surface area contributed by atoms with Gasteiger partial charge in [-0.25, -0.2) is 4.39 Å². The van der Waals surface area contributed by atoms with Gasteiger partial charge in [0.2, 0.25) is 0 Å². The standard InChI is InChI=1S/C55H66ClFN4O13/c1-24-12-11-13-25(2)54(70)59-42-35(21-58-32-16-18-60(23-32)44-36(57)20-34-43(41(44)56)61(33-14-15-33)22-26(3)46(34)64)49(67)38-39(50(42)68)48(66)30(7)52-40(38)53(69)55(9,74-52)72-19-17-37(71-10)27(4)51(73-31(8)62)29(6)47(65)28(5)45(24)63/h11-13,17,19-20,22,24,27-29,32-33,37,45,47,51,58,63,65-68H,14-16,18,21,23H2,1-10H3,(H,59,70)/b12-11+,19-17+,25-13-/t24-,27+,28+,29+,32?,37-,45-,47+,51+,55-/m0/s1. The second kappa shape index (κ2) is 20.9. The molecule has 5 aliphatic rings. The molecule has 5 heterocycles. The molecule has 0 radical (unpaired) electrons. The van der Waals surface area contributed by atoms with E-state index in [1.54, 1.807) is 57.9 Å². The summed E-state index contributed by atoms with van der Waals surface area (Å²) in [4.78, 5) is 56.2. The average Bonchev–Trinajstić information content (AvgIpc) is 4.05. The number of aryl methyl sites for hydroxylation is 1. The SMILES string of the molecule is CO[C@H]1/C=C/O[C@@]2(C)Oc3c(C)c(O)c4c(O)c(c(CNC5CCN(c6c(F)cc7c(=O)c(C)cn(C8CC8)c7c6Cl)C5)c(O)c4c3C2=O)NC(=O)/C(C)=C\C=C\[C@H](C)[C@H](O)[C@@H](C)[C@@H](O)[C@@H](C)[C@H](OC(C)=O)[C@@H]1C. The van der Waals surface area contributed by atoms with E-state index in [9.17, 15) is 44.7 Å². The lowest BCUT2D eigenvalue weighted by atomic mass is 9.78. The lowest BCUT2D eigenvalue weighted by molar-refractivity contribution is -0.160. The number of Topliss-reactive ketones (excluding diaryl/α,β-unsaturated/α-hetero) is 1. The highest BCUT2D eigenvalue weighted by atomic mass is 35.5. The summed E-state index contributed by atoms with van der Waals surface area (Å²) in [5.74, 6) is -9.46. The molecule has 1 saturated carbocycles. The van der Waals surface area contributed by atoms with Gasteiger partial charge in [0, 0.05) is 110 Å². The fourth-order valence-corrected chi connectivity index (χ4v) is 11.2. The van der Waals surface area contributed by atoms with Crippen LogP contribution in [0.2, 0.25) is 5.02 Å². The van der Waals surface area contributed by atoms with Crippen molar-refractivity contribution in [2.75, 3.05) is 30.4 Å². The Bertz CT molecular complexity index is 3100. The molecule has 9 rings (SSSR count). The number of aliphatic hydroxyl groups is 2. The summed E-state index contributed by atoms with van der Waals surface area (Å²) in [7, 11) is 1.42. The molecule has 5 bridgehead atoms. The Labute approximate surface area is 433 Å². The fourth-order valence-electron chi connectivity index (χ4n) is 10.8. The van der Waals surface area contributed by atoms with Gasteiger partial charge < -0.3 is 64.6 Å². The topological polar surface area (TPSA) is 239 Å². The number of esters is 1. The number of fused-ring (bicyclic) bond motifs is 15. The van der Waals surface area contributed by atoms with E-state index in [2.05, 4.69) is 10.6 Å². The molecule has 1 amide bonds. The van der Waals surface area contributed by atoms with Crippen LogP contribution in [0.5, 0.6) is 23.0 Å². The number of aromatic nitrogens is 1. The number of pyridine rings is 1. The zero-order chi connectivity index (χ0) is 54.0. The predicted octanol–water partition coefficient (Wildman–Crippen LogP) is 7.87. The summed E-state index contributed by atoms with van der Waals surface area (Å²) >= 11 is 7.03. The number of amides is 1. The number of halogens is 2. The van der Waals surface area contributed by atoms with Gasteiger partial charge in [-0.1, -0.05) is 57.5 Å². The predicted molar refractivity (Wildman–Crippen MR) is 277 cm³/mol. The minimum absolute atomic E-state index is 0.0160. The maximum atomic E-state index is 16.1. The van der Waals surface area contributed by atoms with Crippen molar-refractivity contribution in [3.05, 3.63) is 91.7 Å². The van der Waals surface area contributed by atoms with Crippen molar-refractivity contribution in [2.45, 2.75) is 130 Å². The Morgan fingerprint density at radius 2 is 1.68 bits per heavy atom. The molecule has 1 saturated heterocycles. The number of ketones is 1. The number of nitrogens with zero attached hydrogens (tertiary/aromatic N) is 2. The van der Waals surface area contributed by atoms with Crippen molar-refractivity contribution in [1.82, 2.24) is 9.88 Å². The number of nitrogens with one attached hydrogen (secondary N) is 2. The molecule has 74 heavy (non-hydrogen) atoms. The van der Waals surface area contributed by atoms with Gasteiger partial charge in [-0.3, -0.25) is 19.2 Å². The van der Waals surface area contributed by atoms with Gasteiger partial charge in [-0.2, -0.15) is 0 Å². The van der Waals surface area contributed by atoms with Crippen molar-refractivity contribution in [1.29, 1.82) is 0 Å². The number of hydrogen-bond acceptors (Lipinski definition) is 15. The first kappa shape index (κ1) is 54.1. The average molecular weight is 1050 g/mol. The first-order valence-electron chi connectivity index (χ1n) is 25.0. The maximum Gasteiger partial charge on any atom is 0.312 e. The number of aliphatic hydroxyl groups excluding tert-OH is 2. The van der Waals surface area contributed by atoms with Crippen molar-refractivity contribution >= 4 is 62.3 Å². The zero-order valence-electron chi connectivity index (χ0n) is 43.2. The largest absolute Gasteiger partial charge is 0.507 e. The molecule has 17 nitrogen and oxygen atoms in total. The lowest BCUT2D eigenvalue weighted by Crippen LogP contribution is -2.46. The van der Waals surface area contributed by atoms with E-state index in [0.717, 1.165) is 12.8 Å². The molecular formula is C55H66ClFN4O13. The number of phenolic OH excluding ortho intramolecular Hbond substituents is 3. The molecule has 1 unspecified atom stereocenters. The van der Waals surface area contributed by atoms with E-state index in [1.807, 2.05) is 4.57 Å². The quantitative estimate of drug-likeness (QED) is 0.0530. The Morgan fingerprint density at radius 3 is 2.34 bits per heavy atom. The van der Waals surface area contributed by atoms with Crippen LogP contribution in [0.15, 0.2) is 53.2 Å². The molecule has 19 heteroatoms. The fraction of sp³-hybridized carbons (Fsp3) is 0.491. The van der Waals surface area contributed by atoms with Gasteiger partial charge in [0.1, 0.15) is 29.2 Å².